The van der Waals surface area contributed by atoms with Gasteiger partial charge in [-0.3, -0.25) is 14.4 Å². The minimum atomic E-state index is -0.365. The van der Waals surface area contributed by atoms with Crippen molar-refractivity contribution < 1.29 is 23.8 Å². The van der Waals surface area contributed by atoms with E-state index in [0.29, 0.717) is 60.7 Å². The largest absolute Gasteiger partial charge is 0.493 e. The van der Waals surface area contributed by atoms with Crippen LogP contribution in [0.25, 0.3) is 11.1 Å². The average molecular weight is 553 g/mol. The van der Waals surface area contributed by atoms with Crippen LogP contribution in [0.4, 0.5) is 5.69 Å². The van der Waals surface area contributed by atoms with Gasteiger partial charge in [-0.1, -0.05) is 6.07 Å². The van der Waals surface area contributed by atoms with Crippen molar-refractivity contribution in [3.63, 3.8) is 0 Å². The van der Waals surface area contributed by atoms with E-state index in [1.807, 2.05) is 17.0 Å². The Labute approximate surface area is 235 Å². The topological polar surface area (TPSA) is 109 Å². The normalized spacial score (nSPS) is 16.7. The molecule has 2 amide bonds. The SMILES string of the molecule is COc1cc2c(c(OC)c1OC)-c1ccc(NCCCC(=O)N3CCN(C)CC3)c(=O)cc1[C@@H](NC(C)=O)CC2. The van der Waals surface area contributed by atoms with Crippen LogP contribution in [0.1, 0.15) is 43.4 Å². The summed E-state index contributed by atoms with van der Waals surface area (Å²) in [6, 6.07) is 6.81. The molecule has 10 nitrogen and oxygen atoms in total. The number of nitrogens with zero attached hydrogens (tertiary/aromatic N) is 2. The lowest BCUT2D eigenvalue weighted by Crippen LogP contribution is -2.47. The lowest BCUT2D eigenvalue weighted by atomic mass is 9.95. The van der Waals surface area contributed by atoms with Crippen molar-refractivity contribution in [1.82, 2.24) is 15.1 Å². The first-order valence-corrected chi connectivity index (χ1v) is 13.7. The first-order valence-electron chi connectivity index (χ1n) is 13.7. The van der Waals surface area contributed by atoms with Crippen LogP contribution >= 0.6 is 0 Å². The number of aryl methyl sites for hydroxylation is 1. The van der Waals surface area contributed by atoms with Crippen molar-refractivity contribution in [3.05, 3.63) is 45.6 Å². The summed E-state index contributed by atoms with van der Waals surface area (Å²) < 4.78 is 17.1. The van der Waals surface area contributed by atoms with Crippen LogP contribution in [-0.2, 0) is 16.0 Å². The fourth-order valence-corrected chi connectivity index (χ4v) is 5.53. The lowest BCUT2D eigenvalue weighted by Gasteiger charge is -2.32. The van der Waals surface area contributed by atoms with Crippen molar-refractivity contribution in [2.45, 2.75) is 38.6 Å². The lowest BCUT2D eigenvalue weighted by molar-refractivity contribution is -0.132. The van der Waals surface area contributed by atoms with Crippen LogP contribution < -0.4 is 30.3 Å². The summed E-state index contributed by atoms with van der Waals surface area (Å²) in [5.41, 5.74) is 3.51. The number of hydrogen-bond donors (Lipinski definition) is 2. The number of likely N-dealkylation sites (N-methyl/N-ethyl adjacent to an activating group) is 1. The van der Waals surface area contributed by atoms with E-state index in [4.69, 9.17) is 14.2 Å². The summed E-state index contributed by atoms with van der Waals surface area (Å²) in [4.78, 5) is 42.2. The van der Waals surface area contributed by atoms with Gasteiger partial charge in [0.25, 0.3) is 0 Å². The number of piperazine rings is 1. The molecule has 2 aromatic carbocycles. The third kappa shape index (κ3) is 6.33. The van der Waals surface area contributed by atoms with Gasteiger partial charge in [0.05, 0.1) is 33.1 Å². The minimum Gasteiger partial charge on any atom is -0.493 e. The number of anilines is 1. The molecule has 2 aromatic rings. The van der Waals surface area contributed by atoms with E-state index in [1.165, 1.54) is 6.92 Å². The molecule has 10 heteroatoms. The molecular formula is C30H40N4O6. The van der Waals surface area contributed by atoms with Crippen LogP contribution in [-0.4, -0.2) is 82.7 Å². The van der Waals surface area contributed by atoms with Crippen molar-refractivity contribution in [2.75, 3.05) is 66.4 Å². The van der Waals surface area contributed by atoms with Gasteiger partial charge in [-0.2, -0.15) is 0 Å². The van der Waals surface area contributed by atoms with Crippen molar-refractivity contribution in [2.24, 2.45) is 0 Å². The molecule has 1 aliphatic carbocycles. The Hall–Kier alpha value is -3.79. The van der Waals surface area contributed by atoms with E-state index in [2.05, 4.69) is 22.6 Å². The number of amides is 2. The molecule has 2 aliphatic rings. The molecule has 1 atom stereocenters. The fraction of sp³-hybridized carbons (Fsp3) is 0.500. The molecule has 1 saturated heterocycles. The molecule has 0 radical (unpaired) electrons. The zero-order chi connectivity index (χ0) is 28.8. The number of carbonyl (C=O) groups excluding carboxylic acids is 2. The Kier molecular flexibility index (Phi) is 9.52. The molecule has 0 saturated carbocycles. The maximum atomic E-state index is 13.4. The second kappa shape index (κ2) is 13.0. The van der Waals surface area contributed by atoms with E-state index >= 15 is 0 Å². The molecule has 40 heavy (non-hydrogen) atoms. The van der Waals surface area contributed by atoms with E-state index in [1.54, 1.807) is 33.5 Å². The maximum Gasteiger partial charge on any atom is 0.222 e. The monoisotopic (exact) mass is 552 g/mol. The second-order valence-corrected chi connectivity index (χ2v) is 10.3. The molecule has 0 aromatic heterocycles. The number of benzene rings is 1. The summed E-state index contributed by atoms with van der Waals surface area (Å²) in [7, 11) is 6.77. The average Bonchev–Trinajstić information content (AvgIpc) is 3.18. The van der Waals surface area contributed by atoms with Gasteiger partial charge in [0.1, 0.15) is 0 Å². The minimum absolute atomic E-state index is 0.147. The van der Waals surface area contributed by atoms with Crippen molar-refractivity contribution >= 4 is 17.5 Å². The standard InChI is InChI=1S/C30H40N4O6/c1-19(35)32-23-10-8-20-17-26(38-3)29(39-4)30(40-5)28(20)21-9-11-24(25(36)18-22(21)23)31-12-6-7-27(37)34-15-13-33(2)14-16-34/h9,11,17-18,23H,6-8,10,12-16H2,1-5H3,(H,31,36)(H,32,35)/t23-/m0/s1. The van der Waals surface area contributed by atoms with Gasteiger partial charge in [0.15, 0.2) is 11.5 Å². The van der Waals surface area contributed by atoms with Gasteiger partial charge in [-0.25, -0.2) is 0 Å². The first-order chi connectivity index (χ1) is 19.3. The molecule has 1 aliphatic heterocycles. The maximum absolute atomic E-state index is 13.4. The summed E-state index contributed by atoms with van der Waals surface area (Å²) in [5, 5.41) is 6.25. The Morgan fingerprint density at radius 1 is 1.00 bits per heavy atom. The molecule has 216 valence electrons. The van der Waals surface area contributed by atoms with Crippen LogP contribution in [0.5, 0.6) is 17.2 Å². The van der Waals surface area contributed by atoms with Crippen LogP contribution in [0.15, 0.2) is 29.1 Å². The van der Waals surface area contributed by atoms with E-state index in [-0.39, 0.29) is 23.3 Å². The highest BCUT2D eigenvalue weighted by Gasteiger charge is 2.29. The zero-order valence-corrected chi connectivity index (χ0v) is 24.1. The van der Waals surface area contributed by atoms with E-state index < -0.39 is 0 Å². The van der Waals surface area contributed by atoms with Gasteiger partial charge >= 0.3 is 0 Å². The molecule has 0 unspecified atom stereocenters. The highest BCUT2D eigenvalue weighted by molar-refractivity contribution is 5.83. The quantitative estimate of drug-likeness (QED) is 0.457. The van der Waals surface area contributed by atoms with Crippen LogP contribution in [0.3, 0.4) is 0 Å². The number of nitrogens with one attached hydrogen (secondary N) is 2. The van der Waals surface area contributed by atoms with Gasteiger partial charge in [-0.05, 0) is 61.2 Å². The smallest absolute Gasteiger partial charge is 0.222 e. The van der Waals surface area contributed by atoms with Crippen molar-refractivity contribution in [1.29, 1.82) is 0 Å². The third-order valence-corrected chi connectivity index (χ3v) is 7.65. The van der Waals surface area contributed by atoms with Gasteiger partial charge in [0.2, 0.25) is 23.0 Å². The first kappa shape index (κ1) is 29.2. The summed E-state index contributed by atoms with van der Waals surface area (Å²) >= 11 is 0. The number of carbonyl (C=O) groups is 2. The Bertz CT molecular complexity index is 1310. The fourth-order valence-electron chi connectivity index (χ4n) is 5.53. The number of rotatable bonds is 9. The highest BCUT2D eigenvalue weighted by atomic mass is 16.5. The molecule has 1 heterocycles. The van der Waals surface area contributed by atoms with Crippen molar-refractivity contribution in [3.8, 4) is 28.4 Å². The Morgan fingerprint density at radius 3 is 2.38 bits per heavy atom. The highest BCUT2D eigenvalue weighted by Crippen LogP contribution is 2.50. The summed E-state index contributed by atoms with van der Waals surface area (Å²) in [5.74, 6) is 1.50. The molecule has 0 bridgehead atoms. The van der Waals surface area contributed by atoms with Gasteiger partial charge in [0, 0.05) is 51.6 Å². The molecule has 4 rings (SSSR count). The Morgan fingerprint density at radius 2 is 1.73 bits per heavy atom. The predicted octanol–water partition coefficient (Wildman–Crippen LogP) is 2.83. The molecule has 2 N–H and O–H groups in total. The molecular weight excluding hydrogens is 512 g/mol. The number of methoxy groups -OCH3 is 3. The van der Waals surface area contributed by atoms with Gasteiger partial charge < -0.3 is 34.6 Å². The zero-order valence-electron chi connectivity index (χ0n) is 24.1. The predicted molar refractivity (Wildman–Crippen MR) is 154 cm³/mol. The number of fused-ring (bicyclic) bond motifs is 3. The number of ether oxygens (including phenoxy) is 3. The van der Waals surface area contributed by atoms with Crippen LogP contribution in [0.2, 0.25) is 0 Å². The Balaban J connectivity index is 1.64. The van der Waals surface area contributed by atoms with Crippen LogP contribution in [0, 0.1) is 0 Å². The van der Waals surface area contributed by atoms with E-state index in [0.717, 1.165) is 42.9 Å². The molecule has 0 spiro atoms. The molecule has 1 fully saturated rings. The second-order valence-electron chi connectivity index (χ2n) is 10.3. The number of hydrogen-bond acceptors (Lipinski definition) is 8. The van der Waals surface area contributed by atoms with Gasteiger partial charge in [-0.15, -0.1) is 0 Å². The summed E-state index contributed by atoms with van der Waals surface area (Å²) in [6.07, 6.45) is 2.27. The summed E-state index contributed by atoms with van der Waals surface area (Å²) in [6.45, 7) is 5.25. The third-order valence-electron chi connectivity index (χ3n) is 7.65. The van der Waals surface area contributed by atoms with E-state index in [9.17, 15) is 14.4 Å².